The summed E-state index contributed by atoms with van der Waals surface area (Å²) in [4.78, 5) is 5.01. The molecule has 0 spiro atoms. The van der Waals surface area contributed by atoms with Gasteiger partial charge in [-0.15, -0.1) is 11.3 Å². The number of benzene rings is 1. The largest absolute Gasteiger partial charge is 0.271 e. The molecule has 1 heterocycles. The first-order chi connectivity index (χ1) is 8.56. The maximum Gasteiger partial charge on any atom is 0.148 e. The van der Waals surface area contributed by atoms with Gasteiger partial charge in [0.15, 0.2) is 0 Å². The van der Waals surface area contributed by atoms with E-state index >= 15 is 0 Å². The van der Waals surface area contributed by atoms with Gasteiger partial charge in [-0.05, 0) is 28.9 Å². The zero-order valence-electron chi connectivity index (χ0n) is 9.38. The Balaban J connectivity index is 2.53. The number of rotatable bonds is 3. The van der Waals surface area contributed by atoms with Crippen molar-refractivity contribution in [3.8, 4) is 0 Å². The molecule has 3 N–H and O–H groups in total. The summed E-state index contributed by atoms with van der Waals surface area (Å²) in [6, 6.07) is 2.89. The summed E-state index contributed by atoms with van der Waals surface area (Å²) in [5, 5.41) is 0.0509. The van der Waals surface area contributed by atoms with Crippen LogP contribution in [0.4, 0.5) is 4.39 Å². The number of hydrogen-bond donors (Lipinski definition) is 2. The van der Waals surface area contributed by atoms with E-state index in [4.69, 9.17) is 17.4 Å². The molecule has 96 valence electrons. The zero-order valence-corrected chi connectivity index (χ0v) is 12.5. The number of thiazole rings is 1. The second-order valence-corrected chi connectivity index (χ2v) is 5.78. The smallest absolute Gasteiger partial charge is 0.148 e. The van der Waals surface area contributed by atoms with Crippen molar-refractivity contribution < 1.29 is 4.39 Å². The quantitative estimate of drug-likeness (QED) is 0.505. The Kier molecular flexibility index (Phi) is 4.34. The molecule has 1 aromatic carbocycles. The Morgan fingerprint density at radius 3 is 2.83 bits per heavy atom. The van der Waals surface area contributed by atoms with Gasteiger partial charge in [0.25, 0.3) is 0 Å². The van der Waals surface area contributed by atoms with Crippen LogP contribution in [-0.4, -0.2) is 4.98 Å². The predicted octanol–water partition coefficient (Wildman–Crippen LogP) is 3.56. The van der Waals surface area contributed by atoms with Crippen LogP contribution in [0.5, 0.6) is 0 Å². The van der Waals surface area contributed by atoms with Gasteiger partial charge in [-0.2, -0.15) is 0 Å². The minimum atomic E-state index is -0.484. The summed E-state index contributed by atoms with van der Waals surface area (Å²) in [5.74, 6) is 5.04. The fourth-order valence-electron chi connectivity index (χ4n) is 1.66. The Labute approximate surface area is 121 Å². The van der Waals surface area contributed by atoms with E-state index in [9.17, 15) is 4.39 Å². The molecule has 0 aliphatic carbocycles. The van der Waals surface area contributed by atoms with Crippen LogP contribution in [0.25, 0.3) is 0 Å². The number of aromatic nitrogens is 1. The molecule has 0 saturated heterocycles. The second kappa shape index (κ2) is 5.63. The second-order valence-electron chi connectivity index (χ2n) is 3.67. The first-order valence-electron chi connectivity index (χ1n) is 5.05. The molecule has 18 heavy (non-hydrogen) atoms. The summed E-state index contributed by atoms with van der Waals surface area (Å²) in [7, 11) is 0. The lowest BCUT2D eigenvalue weighted by Crippen LogP contribution is -2.29. The van der Waals surface area contributed by atoms with Crippen molar-refractivity contribution in [3.05, 3.63) is 49.1 Å². The van der Waals surface area contributed by atoms with E-state index < -0.39 is 11.9 Å². The Bertz CT molecular complexity index is 575. The van der Waals surface area contributed by atoms with Gasteiger partial charge in [-0.3, -0.25) is 5.84 Å². The van der Waals surface area contributed by atoms with E-state index in [-0.39, 0.29) is 5.02 Å². The highest BCUT2D eigenvalue weighted by atomic mass is 79.9. The van der Waals surface area contributed by atoms with Crippen LogP contribution in [0.3, 0.4) is 0 Å². The molecule has 0 bridgehead atoms. The van der Waals surface area contributed by atoms with Crippen LogP contribution in [0.1, 0.15) is 22.2 Å². The summed E-state index contributed by atoms with van der Waals surface area (Å²) in [6.07, 6.45) is 0. The summed E-state index contributed by atoms with van der Waals surface area (Å²) < 4.78 is 14.7. The average molecular weight is 351 g/mol. The monoisotopic (exact) mass is 349 g/mol. The van der Waals surface area contributed by atoms with Crippen LogP contribution in [0, 0.1) is 12.7 Å². The van der Waals surface area contributed by atoms with Crippen LogP contribution in [0.15, 0.2) is 22.1 Å². The molecule has 1 atom stereocenters. The molecule has 0 fully saturated rings. The summed E-state index contributed by atoms with van der Waals surface area (Å²) in [5.41, 5.74) is 5.53. The number of halogens is 3. The van der Waals surface area contributed by atoms with Gasteiger partial charge < -0.3 is 0 Å². The third-order valence-corrected chi connectivity index (χ3v) is 4.84. The van der Waals surface area contributed by atoms with E-state index in [2.05, 4.69) is 26.3 Å². The highest BCUT2D eigenvalue weighted by molar-refractivity contribution is 9.10. The molecule has 0 aliphatic rings. The minimum absolute atomic E-state index is 0.0509. The van der Waals surface area contributed by atoms with Crippen LogP contribution in [-0.2, 0) is 0 Å². The lowest BCUT2D eigenvalue weighted by atomic mass is 10.0. The maximum atomic E-state index is 14.1. The fourth-order valence-corrected chi connectivity index (χ4v) is 3.02. The van der Waals surface area contributed by atoms with E-state index in [1.807, 2.05) is 6.92 Å². The van der Waals surface area contributed by atoms with Crippen molar-refractivity contribution in [1.29, 1.82) is 0 Å². The minimum Gasteiger partial charge on any atom is -0.271 e. The Morgan fingerprint density at radius 2 is 2.28 bits per heavy atom. The van der Waals surface area contributed by atoms with Gasteiger partial charge in [0, 0.05) is 10.0 Å². The van der Waals surface area contributed by atoms with E-state index in [0.717, 1.165) is 10.6 Å². The standard InChI is InChI=1S/C11H10BrClFN3S/c1-5-11(18-4-16-5)10(17-15)6-2-3-7(12)8(13)9(6)14/h2-4,10,17H,15H2,1H3. The molecule has 0 saturated carbocycles. The lowest BCUT2D eigenvalue weighted by Gasteiger charge is -2.17. The SMILES string of the molecule is Cc1ncsc1C(NN)c1ccc(Br)c(Cl)c1F. The van der Waals surface area contributed by atoms with Crippen LogP contribution < -0.4 is 11.3 Å². The molecular weight excluding hydrogens is 341 g/mol. The fraction of sp³-hybridized carbons (Fsp3) is 0.182. The molecule has 1 aromatic heterocycles. The predicted molar refractivity (Wildman–Crippen MR) is 75.1 cm³/mol. The van der Waals surface area contributed by atoms with Crippen molar-refractivity contribution >= 4 is 38.9 Å². The molecule has 1 unspecified atom stereocenters. The topological polar surface area (TPSA) is 50.9 Å². The summed E-state index contributed by atoms with van der Waals surface area (Å²) >= 11 is 10.5. The highest BCUT2D eigenvalue weighted by Gasteiger charge is 2.22. The van der Waals surface area contributed by atoms with Crippen molar-refractivity contribution in [2.75, 3.05) is 0 Å². The van der Waals surface area contributed by atoms with Gasteiger partial charge >= 0.3 is 0 Å². The van der Waals surface area contributed by atoms with Crippen LogP contribution in [0.2, 0.25) is 5.02 Å². The third-order valence-electron chi connectivity index (χ3n) is 2.59. The highest BCUT2D eigenvalue weighted by Crippen LogP contribution is 2.34. The molecule has 2 rings (SSSR count). The number of nitrogens with two attached hydrogens (primary N) is 1. The Morgan fingerprint density at radius 1 is 1.56 bits per heavy atom. The number of nitrogens with one attached hydrogen (secondary N) is 1. The van der Waals surface area contributed by atoms with Crippen molar-refractivity contribution in [2.45, 2.75) is 13.0 Å². The lowest BCUT2D eigenvalue weighted by molar-refractivity contribution is 0.562. The van der Waals surface area contributed by atoms with Gasteiger partial charge in [0.1, 0.15) is 5.82 Å². The van der Waals surface area contributed by atoms with Gasteiger partial charge in [0.2, 0.25) is 0 Å². The van der Waals surface area contributed by atoms with E-state index in [1.54, 1.807) is 17.6 Å². The van der Waals surface area contributed by atoms with E-state index in [1.165, 1.54) is 11.3 Å². The van der Waals surface area contributed by atoms with Crippen molar-refractivity contribution in [3.63, 3.8) is 0 Å². The number of hydrazine groups is 1. The molecule has 0 aliphatic heterocycles. The van der Waals surface area contributed by atoms with Gasteiger partial charge in [-0.1, -0.05) is 17.7 Å². The number of hydrogen-bond acceptors (Lipinski definition) is 4. The Hall–Kier alpha value is -0.530. The first kappa shape index (κ1) is 13.9. The molecular formula is C11H10BrClFN3S. The zero-order chi connectivity index (χ0) is 13.3. The average Bonchev–Trinajstić information content (AvgIpc) is 2.77. The van der Waals surface area contributed by atoms with Gasteiger partial charge in [-0.25, -0.2) is 14.8 Å². The van der Waals surface area contributed by atoms with Crippen LogP contribution >= 0.6 is 38.9 Å². The third kappa shape index (κ3) is 2.44. The van der Waals surface area contributed by atoms with Crippen molar-refractivity contribution in [2.24, 2.45) is 5.84 Å². The summed E-state index contributed by atoms with van der Waals surface area (Å²) in [6.45, 7) is 1.86. The molecule has 0 amide bonds. The molecule has 0 radical (unpaired) electrons. The van der Waals surface area contributed by atoms with Crippen molar-refractivity contribution in [1.82, 2.24) is 10.4 Å². The number of aryl methyl sites for hydroxylation is 1. The molecule has 7 heteroatoms. The first-order valence-corrected chi connectivity index (χ1v) is 7.10. The maximum absolute atomic E-state index is 14.1. The molecule has 2 aromatic rings. The van der Waals surface area contributed by atoms with E-state index in [0.29, 0.717) is 10.0 Å². The number of nitrogens with zero attached hydrogens (tertiary/aromatic N) is 1. The normalized spacial score (nSPS) is 12.7. The van der Waals surface area contributed by atoms with Gasteiger partial charge in [0.05, 0.1) is 27.1 Å². The molecule has 3 nitrogen and oxygen atoms in total.